The van der Waals surface area contributed by atoms with Gasteiger partial charge in [-0.15, -0.1) is 41.5 Å². The molecule has 2 aliphatic carbocycles. The number of hydrogen-bond acceptors (Lipinski definition) is 3. The molecule has 0 bridgehead atoms. The maximum Gasteiger partial charge on any atom is 2.00 e. The minimum absolute atomic E-state index is 0. The molecule has 0 unspecified atom stereocenters. The first-order chi connectivity index (χ1) is 21.7. The second kappa shape index (κ2) is 19.6. The molecule has 0 amide bonds. The van der Waals surface area contributed by atoms with Crippen molar-refractivity contribution in [2.75, 3.05) is 9.66 Å². The Morgan fingerprint density at radius 1 is 1.00 bits per heavy atom. The summed E-state index contributed by atoms with van der Waals surface area (Å²) in [6.07, 6.45) is 21.8. The van der Waals surface area contributed by atoms with Gasteiger partial charge in [0.2, 0.25) is 0 Å². The third-order valence-corrected chi connectivity index (χ3v) is 13.4. The Morgan fingerprint density at radius 2 is 1.78 bits per heavy atom. The van der Waals surface area contributed by atoms with E-state index in [9.17, 15) is 0 Å². The van der Waals surface area contributed by atoms with E-state index in [-0.39, 0.29) is 52.1 Å². The number of benzene rings is 3. The van der Waals surface area contributed by atoms with E-state index < -0.39 is 0 Å². The summed E-state index contributed by atoms with van der Waals surface area (Å²) >= 11 is 1.52. The van der Waals surface area contributed by atoms with Crippen LogP contribution in [0.5, 0.6) is 0 Å². The van der Waals surface area contributed by atoms with Crippen LogP contribution in [-0.4, -0.2) is 15.5 Å². The number of unbranched alkanes of at least 4 members (excludes halogenated alkanes) is 2. The standard InChI is InChI=1S/C36H44IN2S.C4H7.U/c1-2-3-5-11-27-18-20-29(21-19-27)30-22-23-33-31(24-30)14-10-15-32(33)25-37-39(26-28-12-6-4-7-13-28)36-38-34-16-8-9-17-35(34)40-36;1-3-4-2;/h8-10,14,16-17,22-25,27-29H,2-7,11-13,18-21,26H2,1H3;3-4H,1H2,2H3;/q2*-1;+2. The predicted molar refractivity (Wildman–Crippen MR) is 205 cm³/mol. The van der Waals surface area contributed by atoms with E-state index in [1.165, 1.54) is 110 Å². The molecule has 2 nitrogen and oxygen atoms in total. The molecule has 0 saturated heterocycles. The van der Waals surface area contributed by atoms with E-state index in [1.807, 2.05) is 24.7 Å². The van der Waals surface area contributed by atoms with Crippen LogP contribution < -0.4 is 3.11 Å². The van der Waals surface area contributed by atoms with E-state index in [0.29, 0.717) is 0 Å². The summed E-state index contributed by atoms with van der Waals surface area (Å²) in [6, 6.07) is 24.0. The third-order valence-electron chi connectivity index (χ3n) is 9.55. The van der Waals surface area contributed by atoms with Crippen molar-refractivity contribution < 1.29 is 31.1 Å². The number of anilines is 1. The largest absolute Gasteiger partial charge is 2.00 e. The van der Waals surface area contributed by atoms with E-state index in [1.54, 1.807) is 11.6 Å². The van der Waals surface area contributed by atoms with Crippen LogP contribution in [0.1, 0.15) is 114 Å². The minimum Gasteiger partial charge on any atom is -0.303 e. The Kier molecular flexibility index (Phi) is 16.0. The van der Waals surface area contributed by atoms with Gasteiger partial charge in [-0.3, -0.25) is 0 Å². The fourth-order valence-electron chi connectivity index (χ4n) is 6.90. The average Bonchev–Trinajstić information content (AvgIpc) is 3.52. The first-order valence-electron chi connectivity index (χ1n) is 17.1. The Bertz CT molecular complexity index is 1450. The summed E-state index contributed by atoms with van der Waals surface area (Å²) in [6.45, 7) is 8.83. The van der Waals surface area contributed by atoms with Gasteiger partial charge in [-0.25, -0.2) is 24.1 Å². The van der Waals surface area contributed by atoms with Crippen LogP contribution in [0, 0.1) is 55.4 Å². The van der Waals surface area contributed by atoms with Crippen molar-refractivity contribution in [3.8, 4) is 0 Å². The van der Waals surface area contributed by atoms with E-state index in [2.05, 4.69) is 81.3 Å². The molecule has 4 aromatic rings. The van der Waals surface area contributed by atoms with Crippen LogP contribution >= 0.6 is 32.3 Å². The smallest absolute Gasteiger partial charge is 0.303 e. The molecule has 2 fully saturated rings. The van der Waals surface area contributed by atoms with Gasteiger partial charge >= 0.3 is 31.1 Å². The average molecular weight is 957 g/mol. The van der Waals surface area contributed by atoms with Crippen molar-refractivity contribution in [2.24, 2.45) is 11.8 Å². The summed E-state index contributed by atoms with van der Waals surface area (Å²) in [5.41, 5.74) is 3.98. The molecule has 0 N–H and O–H groups in total. The van der Waals surface area contributed by atoms with Gasteiger partial charge in [-0.1, -0.05) is 119 Å². The summed E-state index contributed by atoms with van der Waals surface area (Å²) in [5.74, 6) is 2.51. The molecule has 5 heteroatoms. The van der Waals surface area contributed by atoms with Crippen LogP contribution in [0.2, 0.25) is 0 Å². The van der Waals surface area contributed by atoms with Crippen molar-refractivity contribution in [1.29, 1.82) is 0 Å². The molecule has 2 aliphatic rings. The number of para-hydroxylation sites is 1. The first-order valence-corrected chi connectivity index (χ1v) is 20.2. The maximum absolute atomic E-state index is 5.08. The van der Waals surface area contributed by atoms with Crippen molar-refractivity contribution >= 4 is 62.5 Å². The van der Waals surface area contributed by atoms with Gasteiger partial charge in [-0.05, 0) is 74.0 Å². The molecular formula is C40H51IN2SU. The second-order valence-electron chi connectivity index (χ2n) is 12.7. The summed E-state index contributed by atoms with van der Waals surface area (Å²) < 4.78 is 6.46. The molecule has 3 aromatic carbocycles. The van der Waals surface area contributed by atoms with E-state index in [4.69, 9.17) is 4.98 Å². The van der Waals surface area contributed by atoms with Gasteiger partial charge in [0.25, 0.3) is 0 Å². The van der Waals surface area contributed by atoms with Crippen LogP contribution in [0.4, 0.5) is 5.13 Å². The molecule has 238 valence electrons. The third kappa shape index (κ3) is 10.7. The SMILES string of the molecule is C=C[CH-]C.CCCCCC1CCC(c2ccc3c(C=IN(CC4CCCCC4)c4nc5ccccc5s4)[c-]ccc3c2)CC1.[U+2]. The molecule has 0 spiro atoms. The topological polar surface area (TPSA) is 16.1 Å². The Balaban J connectivity index is 0.000000871. The maximum atomic E-state index is 5.08. The zero-order chi connectivity index (χ0) is 30.6. The van der Waals surface area contributed by atoms with Crippen molar-refractivity contribution in [3.05, 3.63) is 90.9 Å². The van der Waals surface area contributed by atoms with Gasteiger partial charge in [-0.2, -0.15) is 0 Å². The zero-order valence-corrected chi connectivity index (χ0v) is 34.6. The molecule has 0 atom stereocenters. The van der Waals surface area contributed by atoms with Crippen LogP contribution in [-0.2, 0) is 0 Å². The molecule has 0 aliphatic heterocycles. The first kappa shape index (κ1) is 36.7. The molecule has 0 radical (unpaired) electrons. The summed E-state index contributed by atoms with van der Waals surface area (Å²) in [5, 5.41) is 3.96. The Hall–Kier alpha value is -1.13. The second-order valence-corrected chi connectivity index (χ2v) is 16.1. The van der Waals surface area contributed by atoms with E-state index >= 15 is 0 Å². The fourth-order valence-corrected chi connectivity index (χ4v) is 10.6. The number of rotatable bonds is 11. The van der Waals surface area contributed by atoms with Gasteiger partial charge in [0, 0.05) is 6.54 Å². The number of allylic oxidation sites excluding steroid dienone is 1. The van der Waals surface area contributed by atoms with Gasteiger partial charge in [0.05, 0.1) is 10.2 Å². The van der Waals surface area contributed by atoms with Crippen molar-refractivity contribution in [3.63, 3.8) is 0 Å². The molecule has 45 heavy (non-hydrogen) atoms. The van der Waals surface area contributed by atoms with Crippen molar-refractivity contribution in [1.82, 2.24) is 4.98 Å². The monoisotopic (exact) mass is 956 g/mol. The van der Waals surface area contributed by atoms with Gasteiger partial charge in [0.1, 0.15) is 0 Å². The van der Waals surface area contributed by atoms with E-state index in [0.717, 1.165) is 29.8 Å². The molecule has 1 heterocycles. The van der Waals surface area contributed by atoms with Crippen LogP contribution in [0.25, 0.3) is 21.0 Å². The number of thiazole rings is 1. The summed E-state index contributed by atoms with van der Waals surface area (Å²) in [4.78, 5) is 5.08. The molecule has 1 aromatic heterocycles. The van der Waals surface area contributed by atoms with Crippen LogP contribution in [0.3, 0.4) is 0 Å². The normalized spacial score (nSPS) is 18.9. The number of aromatic nitrogens is 1. The van der Waals surface area contributed by atoms with Gasteiger partial charge < -0.3 is 3.11 Å². The van der Waals surface area contributed by atoms with Crippen LogP contribution in [0.15, 0.2) is 67.3 Å². The molecular weight excluding hydrogens is 905 g/mol. The number of halogens is 1. The molecule has 6 rings (SSSR count). The number of hydrogen-bond donors (Lipinski definition) is 0. The predicted octanol–water partition coefficient (Wildman–Crippen LogP) is 12.6. The quantitative estimate of drug-likeness (QED) is 0.0645. The van der Waals surface area contributed by atoms with Gasteiger partial charge in [0.15, 0.2) is 5.13 Å². The van der Waals surface area contributed by atoms with Crippen molar-refractivity contribution in [2.45, 2.75) is 103 Å². The zero-order valence-electron chi connectivity index (χ0n) is 27.4. The number of fused-ring (bicyclic) bond motifs is 2. The molecule has 2 saturated carbocycles. The minimum atomic E-state index is -0.346. The number of nitrogens with zero attached hydrogens (tertiary/aromatic N) is 2. The summed E-state index contributed by atoms with van der Waals surface area (Å²) in [7, 11) is 0. The Morgan fingerprint density at radius 3 is 2.51 bits per heavy atom. The Labute approximate surface area is 311 Å². The fraction of sp³-hybridized carbons (Fsp3) is 0.475.